The quantitative estimate of drug-likeness (QED) is 0.363. The Bertz CT molecular complexity index is 1040. The third-order valence-corrected chi connectivity index (χ3v) is 4.95. The lowest BCUT2D eigenvalue weighted by molar-refractivity contribution is 0.144. The molecule has 29 heavy (non-hydrogen) atoms. The molecule has 0 aliphatic heterocycles. The second-order valence-electron chi connectivity index (χ2n) is 6.70. The summed E-state index contributed by atoms with van der Waals surface area (Å²) in [5.41, 5.74) is 9.02. The van der Waals surface area contributed by atoms with Crippen LogP contribution in [-0.2, 0) is 4.74 Å². The van der Waals surface area contributed by atoms with E-state index < -0.39 is 6.09 Å². The number of ether oxygens (including phenoxy) is 1. The minimum atomic E-state index is -0.469. The first-order valence-corrected chi connectivity index (χ1v) is 9.40. The summed E-state index contributed by atoms with van der Waals surface area (Å²) in [7, 11) is 0. The van der Waals surface area contributed by atoms with E-state index in [1.807, 2.05) is 48.5 Å². The Morgan fingerprint density at radius 2 is 1.55 bits per heavy atom. The number of amides is 1. The minimum absolute atomic E-state index is 0.0499. The van der Waals surface area contributed by atoms with E-state index >= 15 is 0 Å². The Morgan fingerprint density at radius 3 is 2.17 bits per heavy atom. The van der Waals surface area contributed by atoms with Gasteiger partial charge in [0.15, 0.2) is 0 Å². The lowest BCUT2D eigenvalue weighted by atomic mass is 9.98. The number of alkyl carbamates (subject to hydrolysis) is 1. The number of hydrazine groups is 1. The van der Waals surface area contributed by atoms with Gasteiger partial charge >= 0.3 is 6.09 Å². The average Bonchev–Trinajstić information content (AvgIpc) is 3.09. The van der Waals surface area contributed by atoms with Crippen LogP contribution >= 0.6 is 0 Å². The van der Waals surface area contributed by atoms with Gasteiger partial charge in [0, 0.05) is 17.2 Å². The van der Waals surface area contributed by atoms with Crippen molar-refractivity contribution in [2.45, 2.75) is 5.92 Å². The van der Waals surface area contributed by atoms with E-state index in [1.165, 1.54) is 22.3 Å². The normalized spacial score (nSPS) is 11.6. The molecule has 144 valence electrons. The van der Waals surface area contributed by atoms with E-state index in [0.717, 1.165) is 11.3 Å². The summed E-state index contributed by atoms with van der Waals surface area (Å²) in [4.78, 5) is 12.1. The standard InChI is InChI=1S/C24H21N3O2/c25-27-18-13-11-17(12-14-18)6-5-15-26-24(28)29-16-23-21-9-3-1-7-19(21)20-8-2-4-10-22(20)23/h1-4,7-14,23,27H,15-16,25H2,(H,26,28). The fourth-order valence-corrected chi connectivity index (χ4v) is 3.56. The Morgan fingerprint density at radius 1 is 0.931 bits per heavy atom. The lowest BCUT2D eigenvalue weighted by Crippen LogP contribution is -2.26. The predicted octanol–water partition coefficient (Wildman–Crippen LogP) is 3.86. The maximum absolute atomic E-state index is 12.1. The monoisotopic (exact) mass is 383 g/mol. The fraction of sp³-hybridized carbons (Fsp3) is 0.125. The van der Waals surface area contributed by atoms with Gasteiger partial charge in [0.05, 0.1) is 6.54 Å². The second-order valence-corrected chi connectivity index (χ2v) is 6.70. The van der Waals surface area contributed by atoms with Crippen LogP contribution in [0.3, 0.4) is 0 Å². The molecule has 0 heterocycles. The zero-order valence-electron chi connectivity index (χ0n) is 15.8. The molecule has 0 atom stereocenters. The van der Waals surface area contributed by atoms with Gasteiger partial charge in [-0.1, -0.05) is 60.4 Å². The zero-order chi connectivity index (χ0) is 20.1. The van der Waals surface area contributed by atoms with Crippen LogP contribution in [0.2, 0.25) is 0 Å². The van der Waals surface area contributed by atoms with E-state index in [4.69, 9.17) is 10.6 Å². The van der Waals surface area contributed by atoms with Crippen molar-refractivity contribution in [3.05, 3.63) is 89.5 Å². The van der Waals surface area contributed by atoms with Gasteiger partial charge in [0.1, 0.15) is 6.61 Å². The molecule has 0 aromatic heterocycles. The Hall–Kier alpha value is -3.75. The summed E-state index contributed by atoms with van der Waals surface area (Å²) in [6.07, 6.45) is -0.469. The molecule has 3 aromatic carbocycles. The maximum atomic E-state index is 12.1. The number of nitrogen functional groups attached to an aromatic ring is 1. The van der Waals surface area contributed by atoms with Gasteiger partial charge in [0.2, 0.25) is 0 Å². The summed E-state index contributed by atoms with van der Waals surface area (Å²) in [6, 6.07) is 23.9. The molecule has 0 spiro atoms. The first-order valence-electron chi connectivity index (χ1n) is 9.40. The first kappa shape index (κ1) is 18.6. The molecule has 0 saturated heterocycles. The Labute approximate surface area is 169 Å². The van der Waals surface area contributed by atoms with E-state index in [0.29, 0.717) is 6.61 Å². The maximum Gasteiger partial charge on any atom is 0.407 e. The van der Waals surface area contributed by atoms with Gasteiger partial charge in [-0.15, -0.1) is 0 Å². The molecule has 3 aromatic rings. The fourth-order valence-electron chi connectivity index (χ4n) is 3.56. The van der Waals surface area contributed by atoms with Crippen LogP contribution in [0.4, 0.5) is 10.5 Å². The van der Waals surface area contributed by atoms with Crippen LogP contribution < -0.4 is 16.6 Å². The molecule has 5 heteroatoms. The molecule has 0 bridgehead atoms. The van der Waals surface area contributed by atoms with E-state index in [2.05, 4.69) is 46.8 Å². The highest BCUT2D eigenvalue weighted by atomic mass is 16.5. The van der Waals surface area contributed by atoms with Crippen molar-refractivity contribution in [1.29, 1.82) is 0 Å². The zero-order valence-corrected chi connectivity index (χ0v) is 15.8. The number of hydrogen-bond acceptors (Lipinski definition) is 4. The van der Waals surface area contributed by atoms with E-state index in [1.54, 1.807) is 0 Å². The number of nitrogens with two attached hydrogens (primary N) is 1. The van der Waals surface area contributed by atoms with Crippen molar-refractivity contribution in [3.63, 3.8) is 0 Å². The molecule has 5 nitrogen and oxygen atoms in total. The predicted molar refractivity (Wildman–Crippen MR) is 114 cm³/mol. The highest BCUT2D eigenvalue weighted by Crippen LogP contribution is 2.44. The third-order valence-electron chi connectivity index (χ3n) is 4.95. The van der Waals surface area contributed by atoms with Crippen molar-refractivity contribution in [1.82, 2.24) is 5.32 Å². The molecule has 4 N–H and O–H groups in total. The van der Waals surface area contributed by atoms with Crippen LogP contribution in [0.1, 0.15) is 22.6 Å². The molecule has 0 unspecified atom stereocenters. The van der Waals surface area contributed by atoms with Gasteiger partial charge in [-0.3, -0.25) is 5.84 Å². The molecular weight excluding hydrogens is 362 g/mol. The number of anilines is 1. The van der Waals surface area contributed by atoms with Crippen LogP contribution in [0.5, 0.6) is 0 Å². The van der Waals surface area contributed by atoms with Gasteiger partial charge in [0.25, 0.3) is 0 Å². The molecule has 1 aliphatic rings. The first-order chi connectivity index (χ1) is 14.3. The van der Waals surface area contributed by atoms with Crippen molar-refractivity contribution >= 4 is 11.8 Å². The number of carbonyl (C=O) groups is 1. The largest absolute Gasteiger partial charge is 0.449 e. The molecule has 0 fully saturated rings. The van der Waals surface area contributed by atoms with E-state index in [-0.39, 0.29) is 12.5 Å². The summed E-state index contributed by atoms with van der Waals surface area (Å²) in [5, 5.41) is 2.68. The van der Waals surface area contributed by atoms with Crippen LogP contribution in [0.15, 0.2) is 72.8 Å². The van der Waals surface area contributed by atoms with E-state index in [9.17, 15) is 4.79 Å². The molecule has 1 aliphatic carbocycles. The number of nitrogens with one attached hydrogen (secondary N) is 2. The van der Waals surface area contributed by atoms with Gasteiger partial charge < -0.3 is 15.5 Å². The summed E-state index contributed by atoms with van der Waals surface area (Å²) >= 11 is 0. The Balaban J connectivity index is 1.33. The average molecular weight is 383 g/mol. The SMILES string of the molecule is NNc1ccc(C#CCNC(=O)OCC2c3ccccc3-c3ccccc32)cc1. The minimum Gasteiger partial charge on any atom is -0.449 e. The smallest absolute Gasteiger partial charge is 0.407 e. The molecule has 4 rings (SSSR count). The third kappa shape index (κ3) is 4.08. The summed E-state index contributed by atoms with van der Waals surface area (Å²) in [6.45, 7) is 0.508. The number of fused-ring (bicyclic) bond motifs is 3. The topological polar surface area (TPSA) is 76.4 Å². The van der Waals surface area contributed by atoms with Crippen LogP contribution in [0, 0.1) is 11.8 Å². The highest BCUT2D eigenvalue weighted by Gasteiger charge is 2.28. The lowest BCUT2D eigenvalue weighted by Gasteiger charge is -2.14. The number of carbonyl (C=O) groups excluding carboxylic acids is 1. The molecule has 0 saturated carbocycles. The van der Waals surface area contributed by atoms with Gasteiger partial charge in [-0.05, 0) is 46.5 Å². The Kier molecular flexibility index (Phi) is 5.46. The second kappa shape index (κ2) is 8.51. The van der Waals surface area contributed by atoms with Crippen molar-refractivity contribution in [2.75, 3.05) is 18.6 Å². The molecular formula is C24H21N3O2. The number of rotatable bonds is 4. The van der Waals surface area contributed by atoms with Crippen LogP contribution in [0.25, 0.3) is 11.1 Å². The molecule has 0 radical (unpaired) electrons. The number of hydrogen-bond donors (Lipinski definition) is 3. The highest BCUT2D eigenvalue weighted by molar-refractivity contribution is 5.79. The van der Waals surface area contributed by atoms with Crippen molar-refractivity contribution < 1.29 is 9.53 Å². The molecule has 1 amide bonds. The van der Waals surface area contributed by atoms with Gasteiger partial charge in [-0.2, -0.15) is 0 Å². The van der Waals surface area contributed by atoms with Gasteiger partial charge in [-0.25, -0.2) is 4.79 Å². The summed E-state index contributed by atoms with van der Waals surface area (Å²) in [5.74, 6) is 11.3. The van der Waals surface area contributed by atoms with Crippen molar-refractivity contribution in [2.24, 2.45) is 5.84 Å². The van der Waals surface area contributed by atoms with Crippen molar-refractivity contribution in [3.8, 4) is 23.0 Å². The van der Waals surface area contributed by atoms with Crippen LogP contribution in [-0.4, -0.2) is 19.2 Å². The summed E-state index contributed by atoms with van der Waals surface area (Å²) < 4.78 is 5.48. The number of benzene rings is 3.